The Kier molecular flexibility index (Phi) is 32.4. The normalized spacial score (nSPS) is 11.4. The molecule has 0 heterocycles. The predicted octanol–water partition coefficient (Wildman–Crippen LogP) is 13.1. The number of hydrogen-bond donors (Lipinski definition) is 6. The quantitative estimate of drug-likeness (QED) is 0.0394. The van der Waals surface area contributed by atoms with Gasteiger partial charge in [-0.1, -0.05) is 165 Å². The summed E-state index contributed by atoms with van der Waals surface area (Å²) in [4.78, 5) is 42.7. The maximum absolute atomic E-state index is 10.9. The van der Waals surface area contributed by atoms with Crippen molar-refractivity contribution >= 4 is 35.0 Å². The Morgan fingerprint density at radius 3 is 1.11 bits per heavy atom. The summed E-state index contributed by atoms with van der Waals surface area (Å²) in [7, 11) is 0. The van der Waals surface area contributed by atoms with Gasteiger partial charge in [0, 0.05) is 63.0 Å². The number of amides is 4. The highest BCUT2D eigenvalue weighted by Crippen LogP contribution is 2.34. The number of aliphatic hydroxyl groups is 2. The fraction of sp³-hybridized carbons (Fsp3) is 0.469. The number of hydrogen-bond acceptors (Lipinski definition) is 8. The lowest BCUT2D eigenvalue weighted by Crippen LogP contribution is -2.21. The lowest BCUT2D eigenvalue weighted by atomic mass is 9.78. The van der Waals surface area contributed by atoms with Gasteiger partial charge in [0.15, 0.2) is 0 Å². The molecule has 418 valence electrons. The molecule has 0 aliphatic carbocycles. The van der Waals surface area contributed by atoms with Crippen molar-refractivity contribution in [1.82, 2.24) is 10.6 Å². The minimum absolute atomic E-state index is 0.0308. The zero-order valence-electron chi connectivity index (χ0n) is 48.7. The van der Waals surface area contributed by atoms with Gasteiger partial charge in [-0.25, -0.2) is 0 Å². The van der Waals surface area contributed by atoms with Crippen molar-refractivity contribution in [3.8, 4) is 11.5 Å². The third kappa shape index (κ3) is 27.9. The molecule has 0 radical (unpaired) electrons. The second-order valence-corrected chi connectivity index (χ2v) is 20.3. The van der Waals surface area contributed by atoms with Gasteiger partial charge in [0.1, 0.15) is 24.7 Å². The van der Waals surface area contributed by atoms with E-state index in [1.54, 1.807) is 12.1 Å². The lowest BCUT2D eigenvalue weighted by Gasteiger charge is -2.26. The summed E-state index contributed by atoms with van der Waals surface area (Å²) < 4.78 is 11.2. The monoisotopic (exact) mass is 1050 g/mol. The van der Waals surface area contributed by atoms with E-state index in [-0.39, 0.29) is 34.5 Å². The van der Waals surface area contributed by atoms with Crippen molar-refractivity contribution in [2.45, 2.75) is 172 Å². The molecule has 6 N–H and O–H groups in total. The number of unbranched alkanes of at least 4 members (excludes halogenated alkanes) is 3. The molecule has 5 aromatic rings. The second-order valence-electron chi connectivity index (χ2n) is 20.3. The van der Waals surface area contributed by atoms with E-state index >= 15 is 0 Å². The van der Waals surface area contributed by atoms with Crippen LogP contribution in [0.4, 0.5) is 11.4 Å². The number of ether oxygens (including phenoxy) is 2. The molecule has 2 unspecified atom stereocenters. The SMILES string of the molecule is CC(=O)NCCCCCCNC(C)=O.CC(=O)Nc1ccc(C)c(NC(C)=O)c1.CCC.CCC(O)COc1ccc(C(C)(C)c2ccc(OCC(O)CC)cc2)cc1.Cc1ccc(C(C)(C)c2ccc(C)cc2)cc1. The molecule has 0 aliphatic heterocycles. The third-order valence-corrected chi connectivity index (χ3v) is 12.2. The zero-order valence-corrected chi connectivity index (χ0v) is 48.7. The first-order valence-electron chi connectivity index (χ1n) is 27.0. The van der Waals surface area contributed by atoms with Crippen LogP contribution in [-0.4, -0.2) is 72.4 Å². The van der Waals surface area contributed by atoms with Crippen LogP contribution in [0.5, 0.6) is 11.5 Å². The molecule has 0 saturated carbocycles. The predicted molar refractivity (Wildman–Crippen MR) is 315 cm³/mol. The largest absolute Gasteiger partial charge is 0.491 e. The van der Waals surface area contributed by atoms with Gasteiger partial charge in [-0.05, 0) is 111 Å². The van der Waals surface area contributed by atoms with Crippen molar-refractivity contribution in [1.29, 1.82) is 0 Å². The summed E-state index contributed by atoms with van der Waals surface area (Å²) in [6.45, 7) is 31.3. The summed E-state index contributed by atoms with van der Waals surface area (Å²) in [5.41, 5.74) is 9.98. The Bertz CT molecular complexity index is 2290. The van der Waals surface area contributed by atoms with Gasteiger partial charge in [0.05, 0.1) is 12.2 Å². The minimum Gasteiger partial charge on any atom is -0.491 e. The van der Waals surface area contributed by atoms with Crippen LogP contribution in [0.2, 0.25) is 0 Å². The first-order valence-corrected chi connectivity index (χ1v) is 27.0. The van der Waals surface area contributed by atoms with E-state index in [1.165, 1.54) is 67.5 Å². The van der Waals surface area contributed by atoms with Crippen LogP contribution in [0.1, 0.15) is 167 Å². The molecule has 0 bridgehead atoms. The van der Waals surface area contributed by atoms with E-state index in [9.17, 15) is 29.4 Å². The number of rotatable bonds is 21. The molecular formula is C64H94N4O8. The number of carbonyl (C=O) groups is 4. The highest BCUT2D eigenvalue weighted by atomic mass is 16.5. The fourth-order valence-electron chi connectivity index (χ4n) is 7.19. The first kappa shape index (κ1) is 67.5. The van der Waals surface area contributed by atoms with E-state index in [0.29, 0.717) is 37.4 Å². The molecular weight excluding hydrogens is 953 g/mol. The molecule has 0 saturated heterocycles. The van der Waals surface area contributed by atoms with Crippen LogP contribution in [0.3, 0.4) is 0 Å². The number of carbonyl (C=O) groups excluding carboxylic acids is 4. The van der Waals surface area contributed by atoms with Crippen molar-refractivity contribution in [2.24, 2.45) is 0 Å². The Hall–Kier alpha value is -6.50. The van der Waals surface area contributed by atoms with Gasteiger partial charge in [0.25, 0.3) is 0 Å². The summed E-state index contributed by atoms with van der Waals surface area (Å²) >= 11 is 0. The lowest BCUT2D eigenvalue weighted by molar-refractivity contribution is -0.119. The van der Waals surface area contributed by atoms with Crippen molar-refractivity contribution < 1.29 is 38.9 Å². The highest BCUT2D eigenvalue weighted by Gasteiger charge is 2.24. The van der Waals surface area contributed by atoms with Gasteiger partial charge >= 0.3 is 0 Å². The second kappa shape index (κ2) is 36.5. The molecule has 12 nitrogen and oxygen atoms in total. The van der Waals surface area contributed by atoms with E-state index in [1.807, 2.05) is 51.1 Å². The Balaban J connectivity index is 0.000000517. The molecule has 12 heteroatoms. The van der Waals surface area contributed by atoms with E-state index in [0.717, 1.165) is 55.8 Å². The molecule has 0 aromatic heterocycles. The Morgan fingerprint density at radius 2 is 0.803 bits per heavy atom. The molecule has 0 aliphatic rings. The van der Waals surface area contributed by atoms with Crippen molar-refractivity contribution in [3.05, 3.63) is 154 Å². The molecule has 5 rings (SSSR count). The number of aryl methyl sites for hydroxylation is 3. The average Bonchev–Trinajstić information content (AvgIpc) is 3.37. The van der Waals surface area contributed by atoms with E-state index in [4.69, 9.17) is 9.47 Å². The molecule has 0 spiro atoms. The van der Waals surface area contributed by atoms with Gasteiger partial charge in [-0.2, -0.15) is 0 Å². The topological polar surface area (TPSA) is 175 Å². The number of nitrogens with one attached hydrogen (secondary N) is 4. The summed E-state index contributed by atoms with van der Waals surface area (Å²) in [5, 5.41) is 30.1. The molecule has 2 atom stereocenters. The maximum Gasteiger partial charge on any atom is 0.221 e. The first-order chi connectivity index (χ1) is 35.9. The van der Waals surface area contributed by atoms with Crippen LogP contribution in [0.25, 0.3) is 0 Å². The van der Waals surface area contributed by atoms with Crippen LogP contribution in [0.15, 0.2) is 115 Å². The smallest absolute Gasteiger partial charge is 0.221 e. The Labute approximate surface area is 457 Å². The van der Waals surface area contributed by atoms with Gasteiger partial charge in [-0.3, -0.25) is 19.2 Å². The molecule has 76 heavy (non-hydrogen) atoms. The standard InChI is InChI=1S/C23H32O4.C17H20.C11H14N2O2.C10H20N2O2.C3H8/c1-5-19(24)15-26-21-11-7-17(8-12-21)23(3,4)18-9-13-22(14-10-18)27-16-20(25)6-2;1-13-5-9-15(10-6-13)17(3,4)16-11-7-14(2)8-12-16;1-7-4-5-10(12-8(2)14)6-11(7)13-9(3)15;1-9(13)11-7-5-3-4-6-8-12-10(2)14;1-3-2/h7-14,19-20,24-25H,5-6,15-16H2,1-4H3;5-12H,1-4H3;4-6H,1-3H3,(H,12,14)(H,13,15);3-8H2,1-2H3,(H,11,13)(H,12,14);3H2,1-2H3. The van der Waals surface area contributed by atoms with E-state index < -0.39 is 12.2 Å². The number of aliphatic hydroxyl groups excluding tert-OH is 2. The number of benzene rings is 5. The summed E-state index contributed by atoms with van der Waals surface area (Å²) in [6, 6.07) is 39.1. The molecule has 5 aromatic carbocycles. The van der Waals surface area contributed by atoms with Crippen LogP contribution < -0.4 is 30.7 Å². The summed E-state index contributed by atoms with van der Waals surface area (Å²) in [5.74, 6) is 1.33. The number of anilines is 2. The van der Waals surface area contributed by atoms with Crippen LogP contribution in [-0.2, 0) is 30.0 Å². The third-order valence-electron chi connectivity index (χ3n) is 12.2. The highest BCUT2D eigenvalue weighted by molar-refractivity contribution is 5.93. The maximum atomic E-state index is 10.9. The van der Waals surface area contributed by atoms with Crippen molar-refractivity contribution in [2.75, 3.05) is 36.9 Å². The van der Waals surface area contributed by atoms with Gasteiger partial charge < -0.3 is 41.0 Å². The Morgan fingerprint density at radius 1 is 0.474 bits per heavy atom. The van der Waals surface area contributed by atoms with Crippen LogP contribution >= 0.6 is 0 Å². The van der Waals surface area contributed by atoms with Crippen molar-refractivity contribution in [3.63, 3.8) is 0 Å². The minimum atomic E-state index is -0.430. The molecule has 4 amide bonds. The van der Waals surface area contributed by atoms with Gasteiger partial charge in [-0.15, -0.1) is 0 Å². The summed E-state index contributed by atoms with van der Waals surface area (Å²) in [6.07, 6.45) is 5.98. The van der Waals surface area contributed by atoms with E-state index in [2.05, 4.69) is 149 Å². The fourth-order valence-corrected chi connectivity index (χ4v) is 7.19. The van der Waals surface area contributed by atoms with Gasteiger partial charge in [0.2, 0.25) is 23.6 Å². The van der Waals surface area contributed by atoms with Crippen LogP contribution in [0, 0.1) is 20.8 Å². The average molecular weight is 1050 g/mol. The zero-order chi connectivity index (χ0) is 57.3. The molecule has 0 fully saturated rings.